The molecule has 0 radical (unpaired) electrons. The number of nitrogens with one attached hydrogen (secondary N) is 1. The minimum Gasteiger partial charge on any atom is -0.508 e. The van der Waals surface area contributed by atoms with Crippen molar-refractivity contribution in [3.63, 3.8) is 0 Å². The molecule has 3 aromatic rings. The van der Waals surface area contributed by atoms with Crippen molar-refractivity contribution < 1.29 is 14.9 Å². The molecule has 92 valence electrons. The average molecular weight is 261 g/mol. The van der Waals surface area contributed by atoms with Crippen LogP contribution in [0.15, 0.2) is 30.3 Å². The summed E-state index contributed by atoms with van der Waals surface area (Å²) in [6.45, 7) is 0. The summed E-state index contributed by atoms with van der Waals surface area (Å²) in [6, 6.07) is 8.55. The van der Waals surface area contributed by atoms with Gasteiger partial charge in [-0.15, -0.1) is 11.3 Å². The van der Waals surface area contributed by atoms with Crippen molar-refractivity contribution in [1.82, 2.24) is 4.98 Å². The van der Waals surface area contributed by atoms with Gasteiger partial charge in [-0.3, -0.25) is 0 Å². The quantitative estimate of drug-likeness (QED) is 0.663. The summed E-state index contributed by atoms with van der Waals surface area (Å²) in [7, 11) is 1.61. The largest absolute Gasteiger partial charge is 0.508 e. The first-order valence-corrected chi connectivity index (χ1v) is 6.18. The molecule has 0 aliphatic heterocycles. The number of ether oxygens (including phenoxy) is 1. The molecule has 0 saturated heterocycles. The Balaban J connectivity index is 2.28. The Morgan fingerprint density at radius 2 is 2.00 bits per heavy atom. The van der Waals surface area contributed by atoms with E-state index < -0.39 is 0 Å². The molecule has 4 nitrogen and oxygen atoms in total. The van der Waals surface area contributed by atoms with Gasteiger partial charge >= 0.3 is 0 Å². The molecule has 1 aromatic carbocycles. The maximum atomic E-state index is 9.50. The van der Waals surface area contributed by atoms with Crippen LogP contribution < -0.4 is 4.74 Å². The third-order valence-corrected chi connectivity index (χ3v) is 3.91. The fourth-order valence-corrected chi connectivity index (χ4v) is 3.14. The van der Waals surface area contributed by atoms with Gasteiger partial charge < -0.3 is 19.9 Å². The zero-order valence-electron chi connectivity index (χ0n) is 9.60. The summed E-state index contributed by atoms with van der Waals surface area (Å²) in [5, 5.41) is 19.8. The van der Waals surface area contributed by atoms with E-state index in [9.17, 15) is 10.2 Å². The van der Waals surface area contributed by atoms with E-state index in [0.29, 0.717) is 0 Å². The lowest BCUT2D eigenvalue weighted by molar-refractivity contribution is 0.422. The number of thiophene rings is 1. The predicted molar refractivity (Wildman–Crippen MR) is 71.5 cm³/mol. The van der Waals surface area contributed by atoms with Gasteiger partial charge in [0.15, 0.2) is 5.88 Å². The van der Waals surface area contributed by atoms with Crippen LogP contribution in [0.2, 0.25) is 0 Å². The minimum absolute atomic E-state index is 0.118. The second kappa shape index (κ2) is 3.96. The lowest BCUT2D eigenvalue weighted by Crippen LogP contribution is -1.83. The Kier molecular flexibility index (Phi) is 2.41. The fourth-order valence-electron chi connectivity index (χ4n) is 1.96. The highest BCUT2D eigenvalue weighted by Gasteiger charge is 2.16. The number of hydrogen-bond acceptors (Lipinski definition) is 4. The molecule has 2 aromatic heterocycles. The van der Waals surface area contributed by atoms with Gasteiger partial charge in [-0.05, 0) is 24.3 Å². The van der Waals surface area contributed by atoms with Gasteiger partial charge in [0.1, 0.15) is 11.5 Å². The second-order valence-corrected chi connectivity index (χ2v) is 4.95. The molecule has 0 unspecified atom stereocenters. The van der Waals surface area contributed by atoms with Crippen LogP contribution >= 0.6 is 11.3 Å². The van der Waals surface area contributed by atoms with E-state index in [1.807, 2.05) is 6.07 Å². The van der Waals surface area contributed by atoms with Crippen LogP contribution in [0.5, 0.6) is 17.4 Å². The Morgan fingerprint density at radius 1 is 1.17 bits per heavy atom. The van der Waals surface area contributed by atoms with Gasteiger partial charge in [0, 0.05) is 16.2 Å². The van der Waals surface area contributed by atoms with Crippen molar-refractivity contribution in [2.24, 2.45) is 0 Å². The average Bonchev–Trinajstić information content (AvgIpc) is 2.91. The fraction of sp³-hybridized carbons (Fsp3) is 0.0769. The van der Waals surface area contributed by atoms with Crippen LogP contribution in [0.25, 0.3) is 20.7 Å². The van der Waals surface area contributed by atoms with E-state index in [1.54, 1.807) is 31.4 Å². The van der Waals surface area contributed by atoms with Gasteiger partial charge in [-0.2, -0.15) is 0 Å². The summed E-state index contributed by atoms with van der Waals surface area (Å²) in [5.74, 6) is 1.09. The third-order valence-electron chi connectivity index (χ3n) is 2.75. The van der Waals surface area contributed by atoms with Crippen molar-refractivity contribution in [1.29, 1.82) is 0 Å². The van der Waals surface area contributed by atoms with E-state index >= 15 is 0 Å². The number of methoxy groups -OCH3 is 1. The Bertz CT molecular complexity index is 714. The van der Waals surface area contributed by atoms with Crippen LogP contribution in [0.4, 0.5) is 0 Å². The first-order chi connectivity index (χ1) is 8.69. The summed E-state index contributed by atoms with van der Waals surface area (Å²) in [6.07, 6.45) is 0. The van der Waals surface area contributed by atoms with Gasteiger partial charge in [0.05, 0.1) is 17.7 Å². The number of phenols is 1. The number of benzene rings is 1. The molecule has 0 fully saturated rings. The topological polar surface area (TPSA) is 65.5 Å². The second-order valence-electron chi connectivity index (χ2n) is 3.90. The van der Waals surface area contributed by atoms with Crippen LogP contribution in [0, 0.1) is 0 Å². The van der Waals surface area contributed by atoms with Crippen molar-refractivity contribution >= 4 is 21.4 Å². The zero-order valence-corrected chi connectivity index (χ0v) is 10.4. The molecule has 0 amide bonds. The molecule has 0 atom stereocenters. The number of aromatic amines is 1. The third kappa shape index (κ3) is 1.60. The van der Waals surface area contributed by atoms with Crippen LogP contribution in [-0.2, 0) is 0 Å². The summed E-state index contributed by atoms with van der Waals surface area (Å²) in [5.41, 5.74) is 0.796. The van der Waals surface area contributed by atoms with Crippen molar-refractivity contribution in [2.75, 3.05) is 7.11 Å². The molecule has 0 saturated carbocycles. The monoisotopic (exact) mass is 261 g/mol. The summed E-state index contributed by atoms with van der Waals surface area (Å²) in [4.78, 5) is 3.77. The maximum Gasteiger partial charge on any atom is 0.188 e. The molecule has 18 heavy (non-hydrogen) atoms. The number of fused-ring (bicyclic) bond motifs is 1. The highest BCUT2D eigenvalue weighted by Crippen LogP contribution is 2.45. The maximum absolute atomic E-state index is 9.50. The SMILES string of the molecule is COc1c(-c2ccc(O)[nH]2)sc2cc(O)ccc12. The molecular weight excluding hydrogens is 250 g/mol. The molecule has 3 N–H and O–H groups in total. The zero-order chi connectivity index (χ0) is 12.7. The number of aromatic nitrogens is 1. The normalized spacial score (nSPS) is 10.9. The number of rotatable bonds is 2. The molecule has 5 heteroatoms. The molecule has 0 aliphatic rings. The lowest BCUT2D eigenvalue weighted by Gasteiger charge is -2.01. The van der Waals surface area contributed by atoms with Crippen LogP contribution in [0.3, 0.4) is 0 Å². The number of H-pyrrole nitrogens is 1. The van der Waals surface area contributed by atoms with Crippen molar-refractivity contribution in [2.45, 2.75) is 0 Å². The Morgan fingerprint density at radius 3 is 2.67 bits per heavy atom. The first-order valence-electron chi connectivity index (χ1n) is 5.37. The van der Waals surface area contributed by atoms with Gasteiger partial charge in [-0.1, -0.05) is 0 Å². The summed E-state index contributed by atoms with van der Waals surface area (Å²) < 4.78 is 6.37. The van der Waals surface area contributed by atoms with E-state index in [-0.39, 0.29) is 11.6 Å². The summed E-state index contributed by atoms with van der Waals surface area (Å²) >= 11 is 1.50. The van der Waals surface area contributed by atoms with E-state index in [4.69, 9.17) is 4.74 Å². The van der Waals surface area contributed by atoms with Gasteiger partial charge in [0.2, 0.25) is 0 Å². The molecular formula is C13H11NO3S. The standard InChI is InChI=1S/C13H11NO3S/c1-17-12-8-3-2-7(15)6-10(8)18-13(12)9-4-5-11(16)14-9/h2-6,14-16H,1H3. The van der Waals surface area contributed by atoms with Gasteiger partial charge in [0.25, 0.3) is 0 Å². The lowest BCUT2D eigenvalue weighted by atomic mass is 10.2. The first kappa shape index (κ1) is 11.0. The van der Waals surface area contributed by atoms with Crippen LogP contribution in [-0.4, -0.2) is 22.3 Å². The number of phenolic OH excluding ortho intramolecular Hbond substituents is 1. The highest BCUT2D eigenvalue weighted by atomic mass is 32.1. The highest BCUT2D eigenvalue weighted by molar-refractivity contribution is 7.22. The number of hydrogen-bond donors (Lipinski definition) is 3. The smallest absolute Gasteiger partial charge is 0.188 e. The molecule has 0 spiro atoms. The molecule has 2 heterocycles. The number of aromatic hydroxyl groups is 2. The molecule has 3 rings (SSSR count). The van der Waals surface area contributed by atoms with E-state index in [0.717, 1.165) is 26.4 Å². The Hall–Kier alpha value is -2.14. The van der Waals surface area contributed by atoms with E-state index in [1.165, 1.54) is 11.3 Å². The van der Waals surface area contributed by atoms with Gasteiger partial charge in [-0.25, -0.2) is 0 Å². The molecule has 0 aliphatic carbocycles. The minimum atomic E-state index is 0.118. The van der Waals surface area contributed by atoms with Crippen molar-refractivity contribution in [3.05, 3.63) is 30.3 Å². The Labute approximate surface area is 107 Å². The van der Waals surface area contributed by atoms with E-state index in [2.05, 4.69) is 4.98 Å². The predicted octanol–water partition coefficient (Wildman–Crippen LogP) is 3.32. The van der Waals surface area contributed by atoms with Crippen LogP contribution in [0.1, 0.15) is 0 Å². The molecule has 0 bridgehead atoms. The van der Waals surface area contributed by atoms with Crippen molar-refractivity contribution in [3.8, 4) is 28.0 Å².